The van der Waals surface area contributed by atoms with Crippen LogP contribution in [0.2, 0.25) is 0 Å². The van der Waals surface area contributed by atoms with Gasteiger partial charge in [0.15, 0.2) is 5.78 Å². The fourth-order valence-electron chi connectivity index (χ4n) is 4.01. The normalized spacial score (nSPS) is 20.2. The van der Waals surface area contributed by atoms with E-state index in [0.29, 0.717) is 22.8 Å². The largest absolute Gasteiger partial charge is 0.292 e. The molecule has 6 nitrogen and oxygen atoms in total. The van der Waals surface area contributed by atoms with Crippen LogP contribution < -0.4 is 0 Å². The van der Waals surface area contributed by atoms with Crippen molar-refractivity contribution in [3.05, 3.63) is 76.9 Å². The number of Topliss-reactive ketones (excluding diaryl/α,β-unsaturated/α-hetero) is 1. The van der Waals surface area contributed by atoms with Crippen LogP contribution in [-0.4, -0.2) is 39.0 Å². The van der Waals surface area contributed by atoms with E-state index in [9.17, 15) is 13.6 Å². The molecule has 2 aromatic carbocycles. The van der Waals surface area contributed by atoms with Crippen molar-refractivity contribution in [1.82, 2.24) is 14.8 Å². The Kier molecular flexibility index (Phi) is 3.94. The van der Waals surface area contributed by atoms with Gasteiger partial charge >= 0.3 is 0 Å². The van der Waals surface area contributed by atoms with Gasteiger partial charge in [0.1, 0.15) is 30.3 Å². The van der Waals surface area contributed by atoms with E-state index < -0.39 is 11.7 Å². The van der Waals surface area contributed by atoms with Gasteiger partial charge in [-0.15, -0.1) is 0 Å². The van der Waals surface area contributed by atoms with E-state index >= 15 is 0 Å². The summed E-state index contributed by atoms with van der Waals surface area (Å²) in [4.78, 5) is 25.9. The summed E-state index contributed by atoms with van der Waals surface area (Å²) in [5.74, 6) is -1.27. The van der Waals surface area contributed by atoms with E-state index in [-0.39, 0.29) is 29.6 Å². The number of ketones is 1. The summed E-state index contributed by atoms with van der Waals surface area (Å²) in [6.07, 6.45) is 3.13. The molecule has 144 valence electrons. The number of halogens is 2. The molecule has 2 atom stereocenters. The number of aromatic nitrogens is 3. The second-order valence-electron chi connectivity index (χ2n) is 7.05. The summed E-state index contributed by atoms with van der Waals surface area (Å²) in [6.45, 7) is -0.0737. The van der Waals surface area contributed by atoms with Crippen molar-refractivity contribution >= 4 is 23.4 Å². The van der Waals surface area contributed by atoms with Crippen molar-refractivity contribution in [2.45, 2.75) is 11.8 Å². The number of rotatable bonds is 2. The lowest BCUT2D eigenvalue weighted by atomic mass is 9.79. The van der Waals surface area contributed by atoms with Gasteiger partial charge in [-0.05, 0) is 23.8 Å². The predicted molar refractivity (Wildman–Crippen MR) is 103 cm³/mol. The molecule has 0 fully saturated rings. The molecule has 0 N–H and O–H groups in total. The summed E-state index contributed by atoms with van der Waals surface area (Å²) in [6, 6.07) is 8.66. The van der Waals surface area contributed by atoms with E-state index in [1.54, 1.807) is 30.1 Å². The van der Waals surface area contributed by atoms with Gasteiger partial charge in [0.2, 0.25) is 0 Å². The highest BCUT2D eigenvalue weighted by Gasteiger charge is 2.39. The Hall–Kier alpha value is -3.55. The maximum absolute atomic E-state index is 14.2. The number of hydrogen-bond donors (Lipinski definition) is 0. The molecule has 0 amide bonds. The van der Waals surface area contributed by atoms with E-state index in [1.807, 2.05) is 0 Å². The van der Waals surface area contributed by atoms with Crippen LogP contribution in [0.5, 0.6) is 0 Å². The number of carbonyl (C=O) groups is 1. The van der Waals surface area contributed by atoms with Gasteiger partial charge in [-0.1, -0.05) is 12.1 Å². The minimum Gasteiger partial charge on any atom is -0.292 e. The number of hydrogen-bond acceptors (Lipinski definition) is 5. The van der Waals surface area contributed by atoms with Crippen LogP contribution in [0.1, 0.15) is 39.1 Å². The Balaban J connectivity index is 1.78. The van der Waals surface area contributed by atoms with Crippen LogP contribution in [0.3, 0.4) is 0 Å². The molecule has 29 heavy (non-hydrogen) atoms. The van der Waals surface area contributed by atoms with Crippen LogP contribution in [-0.2, 0) is 7.05 Å². The second kappa shape index (κ2) is 6.51. The second-order valence-corrected chi connectivity index (χ2v) is 7.05. The van der Waals surface area contributed by atoms with Gasteiger partial charge in [0.25, 0.3) is 0 Å². The highest BCUT2D eigenvalue weighted by atomic mass is 19.1. The first-order valence-corrected chi connectivity index (χ1v) is 9.08. The highest BCUT2D eigenvalue weighted by molar-refractivity contribution is 6.21. The van der Waals surface area contributed by atoms with Crippen LogP contribution in [0.15, 0.2) is 52.7 Å². The Morgan fingerprint density at radius 3 is 2.62 bits per heavy atom. The SMILES string of the molecule is Cn1ncnc1C1C2=NCC(=O)c3cc(F)cc(c32)N=CC1c1ccc(F)cc1. The summed E-state index contributed by atoms with van der Waals surface area (Å²) >= 11 is 0. The molecule has 8 heteroatoms. The fourth-order valence-corrected chi connectivity index (χ4v) is 4.01. The van der Waals surface area contributed by atoms with Crippen molar-refractivity contribution in [1.29, 1.82) is 0 Å². The molecule has 0 radical (unpaired) electrons. The van der Waals surface area contributed by atoms with Crippen LogP contribution in [0.25, 0.3) is 0 Å². The summed E-state index contributed by atoms with van der Waals surface area (Å²) in [5.41, 5.74) is 2.56. The monoisotopic (exact) mass is 391 g/mol. The van der Waals surface area contributed by atoms with E-state index in [1.165, 1.54) is 30.6 Å². The molecule has 0 spiro atoms. The Morgan fingerprint density at radius 1 is 1.10 bits per heavy atom. The Bertz CT molecular complexity index is 1200. The molecule has 2 aliphatic rings. The fraction of sp³-hybridized carbons (Fsp3) is 0.190. The third-order valence-electron chi connectivity index (χ3n) is 5.34. The van der Waals surface area contributed by atoms with E-state index in [2.05, 4.69) is 20.1 Å². The first-order valence-electron chi connectivity index (χ1n) is 9.08. The maximum Gasteiger partial charge on any atom is 0.185 e. The van der Waals surface area contributed by atoms with Gasteiger partial charge in [0, 0.05) is 36.4 Å². The summed E-state index contributed by atoms with van der Waals surface area (Å²) in [7, 11) is 1.77. The van der Waals surface area contributed by atoms with Gasteiger partial charge in [0.05, 0.1) is 17.3 Å². The third-order valence-corrected chi connectivity index (χ3v) is 5.34. The molecule has 2 aliphatic heterocycles. The molecule has 1 aromatic heterocycles. The number of aliphatic imine (C=N–C) groups is 2. The van der Waals surface area contributed by atoms with Crippen molar-refractivity contribution in [2.24, 2.45) is 17.0 Å². The molecular formula is C21H15F2N5O. The van der Waals surface area contributed by atoms with E-state index in [0.717, 1.165) is 5.56 Å². The van der Waals surface area contributed by atoms with Crippen molar-refractivity contribution in [3.63, 3.8) is 0 Å². The molecule has 5 rings (SSSR count). The number of nitrogens with zero attached hydrogens (tertiary/aromatic N) is 5. The average molecular weight is 391 g/mol. The van der Waals surface area contributed by atoms with Gasteiger partial charge in [-0.25, -0.2) is 13.8 Å². The molecule has 3 heterocycles. The van der Waals surface area contributed by atoms with Crippen molar-refractivity contribution < 1.29 is 13.6 Å². The smallest absolute Gasteiger partial charge is 0.185 e. The van der Waals surface area contributed by atoms with Crippen molar-refractivity contribution in [2.75, 3.05) is 6.54 Å². The first-order chi connectivity index (χ1) is 14.0. The van der Waals surface area contributed by atoms with Gasteiger partial charge in [-0.2, -0.15) is 5.10 Å². The molecule has 0 bridgehead atoms. The lowest BCUT2D eigenvalue weighted by Gasteiger charge is -2.27. The Labute approximate surface area is 164 Å². The quantitative estimate of drug-likeness (QED) is 0.672. The van der Waals surface area contributed by atoms with Gasteiger partial charge < -0.3 is 0 Å². The van der Waals surface area contributed by atoms with Crippen molar-refractivity contribution in [3.8, 4) is 0 Å². The third kappa shape index (κ3) is 2.79. The minimum atomic E-state index is -0.527. The van der Waals surface area contributed by atoms with E-state index in [4.69, 9.17) is 0 Å². The molecule has 3 aromatic rings. The zero-order valence-corrected chi connectivity index (χ0v) is 15.4. The molecule has 0 saturated heterocycles. The number of carbonyl (C=O) groups excluding carboxylic acids is 1. The maximum atomic E-state index is 14.2. The zero-order valence-electron chi connectivity index (χ0n) is 15.4. The Morgan fingerprint density at radius 2 is 1.90 bits per heavy atom. The summed E-state index contributed by atoms with van der Waals surface area (Å²) < 4.78 is 29.3. The van der Waals surface area contributed by atoms with Crippen LogP contribution >= 0.6 is 0 Å². The highest BCUT2D eigenvalue weighted by Crippen LogP contribution is 2.42. The molecule has 0 saturated carbocycles. The molecule has 2 unspecified atom stereocenters. The standard InChI is InChI=1S/C21H15F2N5O/c1-28-21(26-10-27-28)19-15(11-2-4-12(22)5-3-11)8-24-16-7-13(23)6-14-17(29)9-25-20(19)18(14)16/h2-8,10,15,19H,9H2,1H3. The number of benzene rings is 2. The topological polar surface area (TPSA) is 72.5 Å². The van der Waals surface area contributed by atoms with Crippen LogP contribution in [0.4, 0.5) is 14.5 Å². The predicted octanol–water partition coefficient (Wildman–Crippen LogP) is 3.36. The molecular weight excluding hydrogens is 376 g/mol. The summed E-state index contributed by atoms with van der Waals surface area (Å²) in [5, 5.41) is 4.18. The average Bonchev–Trinajstić information content (AvgIpc) is 3.05. The lowest BCUT2D eigenvalue weighted by molar-refractivity contribution is 0.0999. The zero-order chi connectivity index (χ0) is 20.1. The number of aryl methyl sites for hydroxylation is 1. The molecule has 0 aliphatic carbocycles. The van der Waals surface area contributed by atoms with Crippen LogP contribution in [0, 0.1) is 11.6 Å². The van der Waals surface area contributed by atoms with Gasteiger partial charge in [-0.3, -0.25) is 19.5 Å². The minimum absolute atomic E-state index is 0.0737. The lowest BCUT2D eigenvalue weighted by Crippen LogP contribution is -2.29. The first kappa shape index (κ1) is 17.5.